The summed E-state index contributed by atoms with van der Waals surface area (Å²) in [6, 6.07) is 20.6. The van der Waals surface area contributed by atoms with Crippen LogP contribution in [0.5, 0.6) is 0 Å². The van der Waals surface area contributed by atoms with Crippen LogP contribution in [0.15, 0.2) is 71.1 Å². The zero-order valence-corrected chi connectivity index (χ0v) is 17.6. The van der Waals surface area contributed by atoms with Crippen molar-refractivity contribution in [3.05, 3.63) is 87.9 Å². The number of nitrogens with one attached hydrogen (secondary N) is 1. The summed E-state index contributed by atoms with van der Waals surface area (Å²) in [5.41, 5.74) is 3.39. The fourth-order valence-electron chi connectivity index (χ4n) is 2.61. The number of carbonyl (C=O) groups is 1. The smallest absolute Gasteiger partial charge is 0.255 e. The summed E-state index contributed by atoms with van der Waals surface area (Å²) in [6.45, 7) is 0. The molecule has 1 amide bonds. The van der Waals surface area contributed by atoms with Crippen molar-refractivity contribution in [2.75, 3.05) is 5.32 Å². The zero-order valence-electron chi connectivity index (χ0n) is 14.5. The third-order valence-corrected chi connectivity index (χ3v) is 6.98. The lowest BCUT2D eigenvalue weighted by Gasteiger charge is -2.04. The minimum Gasteiger partial charge on any atom is -0.322 e. The van der Waals surface area contributed by atoms with E-state index in [1.165, 1.54) is 0 Å². The van der Waals surface area contributed by atoms with Gasteiger partial charge in [0.1, 0.15) is 0 Å². The summed E-state index contributed by atoms with van der Waals surface area (Å²) < 4.78 is 2.00. The molecule has 0 aliphatic heterocycles. The standard InChI is InChI=1S/C21H14Cl2N2OS2/c22-16-8-6-13(10-17(16)23)12-27-21-25-18-9-7-15(11-19(18)28-21)24-20(26)14-4-2-1-3-5-14/h1-11H,12H2,(H,24,26). The van der Waals surface area contributed by atoms with Gasteiger partial charge in [-0.05, 0) is 48.0 Å². The van der Waals surface area contributed by atoms with Gasteiger partial charge >= 0.3 is 0 Å². The predicted molar refractivity (Wildman–Crippen MR) is 120 cm³/mol. The van der Waals surface area contributed by atoms with Crippen LogP contribution in [0.3, 0.4) is 0 Å². The summed E-state index contributed by atoms with van der Waals surface area (Å²) in [5, 5.41) is 4.05. The Bertz CT molecular complexity index is 1150. The van der Waals surface area contributed by atoms with Crippen LogP contribution < -0.4 is 5.32 Å². The van der Waals surface area contributed by atoms with Crippen molar-refractivity contribution in [2.24, 2.45) is 0 Å². The third kappa shape index (κ3) is 4.50. The van der Waals surface area contributed by atoms with Crippen molar-refractivity contribution in [1.29, 1.82) is 0 Å². The molecular weight excluding hydrogens is 431 g/mol. The number of nitrogens with zero attached hydrogens (tertiary/aromatic N) is 1. The number of amides is 1. The monoisotopic (exact) mass is 444 g/mol. The molecule has 1 aromatic heterocycles. The normalized spacial score (nSPS) is 10.9. The first-order valence-corrected chi connectivity index (χ1v) is 11.0. The number of anilines is 1. The molecule has 0 saturated heterocycles. The fourth-order valence-corrected chi connectivity index (χ4v) is 4.98. The van der Waals surface area contributed by atoms with Gasteiger partial charge in [0.05, 0.1) is 20.3 Å². The largest absolute Gasteiger partial charge is 0.322 e. The molecule has 7 heteroatoms. The van der Waals surface area contributed by atoms with Gasteiger partial charge in [-0.25, -0.2) is 4.98 Å². The van der Waals surface area contributed by atoms with Crippen molar-refractivity contribution >= 4 is 68.1 Å². The Hall–Kier alpha value is -2.05. The number of halogens is 2. The first kappa shape index (κ1) is 19.3. The molecule has 1 N–H and O–H groups in total. The first-order valence-electron chi connectivity index (χ1n) is 8.42. The molecule has 0 bridgehead atoms. The molecule has 0 unspecified atom stereocenters. The van der Waals surface area contributed by atoms with Gasteiger partial charge < -0.3 is 5.32 Å². The molecule has 1 heterocycles. The molecule has 0 fully saturated rings. The highest BCUT2D eigenvalue weighted by Gasteiger charge is 2.09. The number of thiazole rings is 1. The van der Waals surface area contributed by atoms with E-state index in [2.05, 4.69) is 10.3 Å². The van der Waals surface area contributed by atoms with E-state index >= 15 is 0 Å². The highest BCUT2D eigenvalue weighted by molar-refractivity contribution is 8.00. The Morgan fingerprint density at radius 2 is 1.82 bits per heavy atom. The molecule has 4 rings (SSSR count). The summed E-state index contributed by atoms with van der Waals surface area (Å²) in [4.78, 5) is 17.0. The average molecular weight is 445 g/mol. The molecule has 3 aromatic carbocycles. The number of rotatable bonds is 5. The molecule has 3 nitrogen and oxygen atoms in total. The summed E-state index contributed by atoms with van der Waals surface area (Å²) in [5.74, 6) is 0.632. The van der Waals surface area contributed by atoms with Crippen LogP contribution in [0, 0.1) is 0 Å². The van der Waals surface area contributed by atoms with Crippen molar-refractivity contribution in [1.82, 2.24) is 4.98 Å². The van der Waals surface area contributed by atoms with Crippen LogP contribution >= 0.6 is 46.3 Å². The second-order valence-electron chi connectivity index (χ2n) is 6.02. The van der Waals surface area contributed by atoms with Crippen LogP contribution in [0.4, 0.5) is 5.69 Å². The van der Waals surface area contributed by atoms with Gasteiger partial charge in [0.25, 0.3) is 5.91 Å². The Balaban J connectivity index is 1.47. The lowest BCUT2D eigenvalue weighted by molar-refractivity contribution is 0.102. The maximum Gasteiger partial charge on any atom is 0.255 e. The highest BCUT2D eigenvalue weighted by Crippen LogP contribution is 2.34. The number of carbonyl (C=O) groups excluding carboxylic acids is 1. The van der Waals surface area contributed by atoms with Gasteiger partial charge in [0.15, 0.2) is 4.34 Å². The average Bonchev–Trinajstić information content (AvgIpc) is 3.12. The summed E-state index contributed by atoms with van der Waals surface area (Å²) >= 11 is 15.3. The molecule has 28 heavy (non-hydrogen) atoms. The predicted octanol–water partition coefficient (Wildman–Crippen LogP) is 7.15. The number of fused-ring (bicyclic) bond motifs is 1. The van der Waals surface area contributed by atoms with Crippen molar-refractivity contribution < 1.29 is 4.79 Å². The Kier molecular flexibility index (Phi) is 5.87. The van der Waals surface area contributed by atoms with Crippen LogP contribution in [0.2, 0.25) is 10.0 Å². The molecule has 4 aromatic rings. The van der Waals surface area contributed by atoms with Gasteiger partial charge in [0.2, 0.25) is 0 Å². The SMILES string of the molecule is O=C(Nc1ccc2nc(SCc3ccc(Cl)c(Cl)c3)sc2c1)c1ccccc1. The topological polar surface area (TPSA) is 42.0 Å². The lowest BCUT2D eigenvalue weighted by Crippen LogP contribution is -2.11. The number of hydrogen-bond donors (Lipinski definition) is 1. The molecular formula is C21H14Cl2N2OS2. The highest BCUT2D eigenvalue weighted by atomic mass is 35.5. The zero-order chi connectivity index (χ0) is 19.5. The van der Waals surface area contributed by atoms with Gasteiger partial charge in [-0.1, -0.05) is 59.2 Å². The molecule has 0 saturated carbocycles. The van der Waals surface area contributed by atoms with Crippen molar-refractivity contribution in [3.63, 3.8) is 0 Å². The van der Waals surface area contributed by atoms with E-state index in [4.69, 9.17) is 23.2 Å². The number of thioether (sulfide) groups is 1. The van der Waals surface area contributed by atoms with E-state index in [-0.39, 0.29) is 5.91 Å². The number of benzene rings is 3. The second kappa shape index (κ2) is 8.53. The number of hydrogen-bond acceptors (Lipinski definition) is 4. The Morgan fingerprint density at radius 3 is 2.61 bits per heavy atom. The lowest BCUT2D eigenvalue weighted by atomic mass is 10.2. The van der Waals surface area contributed by atoms with Crippen LogP contribution in [0.1, 0.15) is 15.9 Å². The van der Waals surface area contributed by atoms with Crippen molar-refractivity contribution in [2.45, 2.75) is 10.1 Å². The van der Waals surface area contributed by atoms with E-state index in [1.807, 2.05) is 48.5 Å². The fraction of sp³-hybridized carbons (Fsp3) is 0.0476. The van der Waals surface area contributed by atoms with Gasteiger partial charge in [0, 0.05) is 17.0 Å². The first-order chi connectivity index (χ1) is 13.6. The second-order valence-corrected chi connectivity index (χ2v) is 9.09. The number of aromatic nitrogens is 1. The quantitative estimate of drug-likeness (QED) is 0.332. The van der Waals surface area contributed by atoms with E-state index in [0.29, 0.717) is 15.6 Å². The Morgan fingerprint density at radius 1 is 1.00 bits per heavy atom. The molecule has 0 atom stereocenters. The van der Waals surface area contributed by atoms with Crippen LogP contribution in [0.25, 0.3) is 10.2 Å². The molecule has 0 spiro atoms. The van der Waals surface area contributed by atoms with E-state index < -0.39 is 0 Å². The Labute approximate surface area is 180 Å². The third-order valence-electron chi connectivity index (χ3n) is 4.01. The van der Waals surface area contributed by atoms with E-state index in [0.717, 1.165) is 31.6 Å². The van der Waals surface area contributed by atoms with E-state index in [9.17, 15) is 4.79 Å². The summed E-state index contributed by atoms with van der Waals surface area (Å²) in [6.07, 6.45) is 0. The summed E-state index contributed by atoms with van der Waals surface area (Å²) in [7, 11) is 0. The maximum absolute atomic E-state index is 12.3. The minimum atomic E-state index is -0.126. The van der Waals surface area contributed by atoms with Gasteiger partial charge in [-0.2, -0.15) is 0 Å². The van der Waals surface area contributed by atoms with Crippen LogP contribution in [-0.2, 0) is 5.75 Å². The van der Waals surface area contributed by atoms with Gasteiger partial charge in [-0.3, -0.25) is 4.79 Å². The van der Waals surface area contributed by atoms with Crippen molar-refractivity contribution in [3.8, 4) is 0 Å². The maximum atomic E-state index is 12.3. The minimum absolute atomic E-state index is 0.126. The van der Waals surface area contributed by atoms with Crippen LogP contribution in [-0.4, -0.2) is 10.9 Å². The molecule has 0 radical (unpaired) electrons. The molecule has 0 aliphatic rings. The molecule has 140 valence electrons. The van der Waals surface area contributed by atoms with E-state index in [1.54, 1.807) is 41.3 Å². The van der Waals surface area contributed by atoms with Gasteiger partial charge in [-0.15, -0.1) is 11.3 Å². The molecule has 0 aliphatic carbocycles.